The van der Waals surface area contributed by atoms with E-state index in [2.05, 4.69) is 5.32 Å². The first-order chi connectivity index (χ1) is 10.6. The van der Waals surface area contributed by atoms with Crippen molar-refractivity contribution in [1.29, 1.82) is 0 Å². The molecule has 0 saturated carbocycles. The van der Waals surface area contributed by atoms with E-state index < -0.39 is 0 Å². The molecule has 120 valence electrons. The molecule has 0 bridgehead atoms. The van der Waals surface area contributed by atoms with E-state index in [4.69, 9.17) is 4.74 Å². The lowest BCUT2D eigenvalue weighted by Gasteiger charge is -2.34. The molecule has 1 unspecified atom stereocenters. The van der Waals surface area contributed by atoms with Gasteiger partial charge >= 0.3 is 0 Å². The summed E-state index contributed by atoms with van der Waals surface area (Å²) in [4.78, 5) is 14.3. The summed E-state index contributed by atoms with van der Waals surface area (Å²) in [7, 11) is 0. The van der Waals surface area contributed by atoms with Crippen molar-refractivity contribution >= 4 is 11.6 Å². The van der Waals surface area contributed by atoms with E-state index in [-0.39, 0.29) is 17.8 Å². The van der Waals surface area contributed by atoms with E-state index in [1.54, 1.807) is 11.0 Å². The summed E-state index contributed by atoms with van der Waals surface area (Å²) in [5.41, 5.74) is 0.690. The number of ether oxygens (including phenoxy) is 1. The highest BCUT2D eigenvalue weighted by atomic mass is 19.1. The molecule has 0 radical (unpaired) electrons. The van der Waals surface area contributed by atoms with Crippen LogP contribution in [0.25, 0.3) is 0 Å². The molecule has 3 rings (SSSR count). The molecule has 2 aliphatic heterocycles. The second-order valence-electron chi connectivity index (χ2n) is 6.28. The zero-order valence-electron chi connectivity index (χ0n) is 13.0. The zero-order valence-corrected chi connectivity index (χ0v) is 13.0. The summed E-state index contributed by atoms with van der Waals surface area (Å²) >= 11 is 0. The summed E-state index contributed by atoms with van der Waals surface area (Å²) in [6.45, 7) is 4.54. The number of nitrogens with zero attached hydrogens (tertiary/aromatic N) is 1. The van der Waals surface area contributed by atoms with Crippen LogP contribution in [0.2, 0.25) is 0 Å². The van der Waals surface area contributed by atoms with Crippen LogP contribution >= 0.6 is 0 Å². The Morgan fingerprint density at radius 1 is 1.41 bits per heavy atom. The van der Waals surface area contributed by atoms with Crippen molar-refractivity contribution in [1.82, 2.24) is 5.32 Å². The van der Waals surface area contributed by atoms with E-state index in [1.165, 1.54) is 12.1 Å². The Morgan fingerprint density at radius 2 is 2.18 bits per heavy atom. The van der Waals surface area contributed by atoms with Gasteiger partial charge in [0.25, 0.3) is 0 Å². The van der Waals surface area contributed by atoms with Gasteiger partial charge in [-0.1, -0.05) is 0 Å². The molecule has 1 aromatic rings. The fourth-order valence-corrected chi connectivity index (χ4v) is 3.28. The predicted molar refractivity (Wildman–Crippen MR) is 83.7 cm³/mol. The number of anilines is 1. The molecule has 1 atom stereocenters. The van der Waals surface area contributed by atoms with Crippen LogP contribution in [0.1, 0.15) is 32.6 Å². The number of carbonyl (C=O) groups excluding carboxylic acids is 1. The molecular weight excluding hydrogens is 283 g/mol. The van der Waals surface area contributed by atoms with E-state index >= 15 is 0 Å². The topological polar surface area (TPSA) is 41.6 Å². The number of hydrogen-bond donors (Lipinski definition) is 1. The highest BCUT2D eigenvalue weighted by Gasteiger charge is 2.28. The number of carbonyl (C=O) groups is 1. The third-order valence-electron chi connectivity index (χ3n) is 4.51. The maximum absolute atomic E-state index is 13.4. The number of hydrogen-bond acceptors (Lipinski definition) is 3. The lowest BCUT2D eigenvalue weighted by molar-refractivity contribution is -0.119. The fraction of sp³-hybridized carbons (Fsp3) is 0.588. The van der Waals surface area contributed by atoms with Crippen LogP contribution in [-0.2, 0) is 4.79 Å². The number of rotatable bonds is 3. The first kappa shape index (κ1) is 15.3. The van der Waals surface area contributed by atoms with Gasteiger partial charge in [-0.05, 0) is 57.3 Å². The van der Waals surface area contributed by atoms with Gasteiger partial charge in [0.1, 0.15) is 17.7 Å². The van der Waals surface area contributed by atoms with Crippen LogP contribution in [0, 0.1) is 11.7 Å². The number of amides is 1. The maximum Gasteiger partial charge on any atom is 0.227 e. The first-order valence-electron chi connectivity index (χ1n) is 8.11. The molecule has 5 heteroatoms. The Bertz CT molecular complexity index is 543. The number of piperidine rings is 1. The third kappa shape index (κ3) is 3.40. The Hall–Kier alpha value is -1.62. The van der Waals surface area contributed by atoms with Gasteiger partial charge in [0.2, 0.25) is 5.91 Å². The van der Waals surface area contributed by atoms with E-state index in [0.29, 0.717) is 30.3 Å². The van der Waals surface area contributed by atoms with Crippen molar-refractivity contribution in [3.05, 3.63) is 24.0 Å². The van der Waals surface area contributed by atoms with Crippen LogP contribution in [-0.4, -0.2) is 31.6 Å². The van der Waals surface area contributed by atoms with E-state index in [0.717, 1.165) is 32.4 Å². The Kier molecular flexibility index (Phi) is 4.62. The summed E-state index contributed by atoms with van der Waals surface area (Å²) < 4.78 is 19.0. The fourth-order valence-electron chi connectivity index (χ4n) is 3.28. The highest BCUT2D eigenvalue weighted by Crippen LogP contribution is 2.34. The summed E-state index contributed by atoms with van der Waals surface area (Å²) in [6, 6.07) is 4.38. The minimum atomic E-state index is -0.338. The van der Waals surface area contributed by atoms with Gasteiger partial charge in [0.15, 0.2) is 0 Å². The normalized spacial score (nSPS) is 22.1. The van der Waals surface area contributed by atoms with Crippen molar-refractivity contribution < 1.29 is 13.9 Å². The average Bonchev–Trinajstić information content (AvgIpc) is 2.52. The second kappa shape index (κ2) is 6.65. The summed E-state index contributed by atoms with van der Waals surface area (Å²) in [5, 5.41) is 3.34. The van der Waals surface area contributed by atoms with Gasteiger partial charge in [-0.2, -0.15) is 0 Å². The standard InChI is InChI=1S/C17H23FN2O2/c1-12-11-20(15-4-3-14(18)10-16(15)22-12)17(21)5-2-13-6-8-19-9-7-13/h3-4,10,12-13,19H,2,5-9,11H2,1H3. The molecule has 2 aliphatic rings. The minimum Gasteiger partial charge on any atom is -0.487 e. The quantitative estimate of drug-likeness (QED) is 0.933. The largest absolute Gasteiger partial charge is 0.487 e. The number of halogens is 1. The van der Waals surface area contributed by atoms with Gasteiger partial charge in [-0.25, -0.2) is 4.39 Å². The van der Waals surface area contributed by atoms with Gasteiger partial charge in [0, 0.05) is 12.5 Å². The van der Waals surface area contributed by atoms with Crippen LogP contribution < -0.4 is 15.0 Å². The van der Waals surface area contributed by atoms with Crippen LogP contribution in [0.5, 0.6) is 5.75 Å². The van der Waals surface area contributed by atoms with Crippen molar-refractivity contribution in [3.63, 3.8) is 0 Å². The van der Waals surface area contributed by atoms with Crippen LogP contribution in [0.4, 0.5) is 10.1 Å². The molecule has 2 heterocycles. The van der Waals surface area contributed by atoms with Crippen molar-refractivity contribution in [2.45, 2.75) is 38.7 Å². The van der Waals surface area contributed by atoms with Crippen LogP contribution in [0.15, 0.2) is 18.2 Å². The van der Waals surface area contributed by atoms with E-state index in [1.807, 2.05) is 6.92 Å². The molecule has 1 aromatic carbocycles. The van der Waals surface area contributed by atoms with Gasteiger partial charge < -0.3 is 15.0 Å². The molecular formula is C17H23FN2O2. The molecule has 0 aromatic heterocycles. The molecule has 0 spiro atoms. The van der Waals surface area contributed by atoms with E-state index in [9.17, 15) is 9.18 Å². The molecule has 1 amide bonds. The molecule has 22 heavy (non-hydrogen) atoms. The number of nitrogens with one attached hydrogen (secondary N) is 1. The van der Waals surface area contributed by atoms with Crippen molar-refractivity contribution in [3.8, 4) is 5.75 Å². The van der Waals surface area contributed by atoms with Gasteiger partial charge in [-0.3, -0.25) is 4.79 Å². The molecule has 1 N–H and O–H groups in total. The molecule has 1 saturated heterocycles. The Morgan fingerprint density at radius 3 is 2.95 bits per heavy atom. The molecule has 4 nitrogen and oxygen atoms in total. The SMILES string of the molecule is CC1CN(C(=O)CCC2CCNCC2)c2ccc(F)cc2O1. The smallest absolute Gasteiger partial charge is 0.227 e. The van der Waals surface area contributed by atoms with Crippen molar-refractivity contribution in [2.24, 2.45) is 5.92 Å². The second-order valence-corrected chi connectivity index (χ2v) is 6.28. The Balaban J connectivity index is 1.67. The van der Waals surface area contributed by atoms with Crippen molar-refractivity contribution in [2.75, 3.05) is 24.5 Å². The summed E-state index contributed by atoms with van der Waals surface area (Å²) in [5.74, 6) is 0.877. The van der Waals surface area contributed by atoms with Gasteiger partial charge in [-0.15, -0.1) is 0 Å². The monoisotopic (exact) mass is 306 g/mol. The minimum absolute atomic E-state index is 0.113. The van der Waals surface area contributed by atoms with Crippen LogP contribution in [0.3, 0.4) is 0 Å². The third-order valence-corrected chi connectivity index (χ3v) is 4.51. The lowest BCUT2D eigenvalue weighted by Crippen LogP contribution is -2.42. The number of benzene rings is 1. The maximum atomic E-state index is 13.4. The Labute approximate surface area is 130 Å². The first-order valence-corrected chi connectivity index (χ1v) is 8.11. The molecule has 0 aliphatic carbocycles. The lowest BCUT2D eigenvalue weighted by atomic mass is 9.93. The highest BCUT2D eigenvalue weighted by molar-refractivity contribution is 5.95. The van der Waals surface area contributed by atoms with Gasteiger partial charge in [0.05, 0.1) is 12.2 Å². The molecule has 1 fully saturated rings. The summed E-state index contributed by atoms with van der Waals surface area (Å²) in [6.07, 6.45) is 3.66. The number of fused-ring (bicyclic) bond motifs is 1. The zero-order chi connectivity index (χ0) is 15.5. The average molecular weight is 306 g/mol. The predicted octanol–water partition coefficient (Wildman–Crippen LogP) is 2.72.